The third kappa shape index (κ3) is 3.82. The number of hydrogen-bond donors (Lipinski definition) is 1. The zero-order chi connectivity index (χ0) is 15.5. The Morgan fingerprint density at radius 3 is 2.50 bits per heavy atom. The van der Waals surface area contributed by atoms with Crippen molar-refractivity contribution < 1.29 is 4.92 Å². The van der Waals surface area contributed by atoms with E-state index in [0.717, 1.165) is 0 Å². The molecule has 1 aromatic heterocycles. The maximum absolute atomic E-state index is 11.0. The van der Waals surface area contributed by atoms with Crippen molar-refractivity contribution in [3.05, 3.63) is 22.2 Å². The van der Waals surface area contributed by atoms with Crippen molar-refractivity contribution in [3.8, 4) is 0 Å². The van der Waals surface area contributed by atoms with Crippen LogP contribution in [0.4, 0.5) is 17.3 Å². The summed E-state index contributed by atoms with van der Waals surface area (Å²) in [6.45, 7) is 11.1. The molecule has 0 fully saturated rings. The van der Waals surface area contributed by atoms with Gasteiger partial charge in [-0.2, -0.15) is 0 Å². The van der Waals surface area contributed by atoms with Gasteiger partial charge in [0.05, 0.1) is 17.1 Å². The minimum atomic E-state index is -0.387. The molecule has 0 aromatic carbocycles. The van der Waals surface area contributed by atoms with Crippen molar-refractivity contribution in [1.82, 2.24) is 4.98 Å². The Hall–Kier alpha value is -1.85. The summed E-state index contributed by atoms with van der Waals surface area (Å²) in [5, 5.41) is 14.1. The van der Waals surface area contributed by atoms with Crippen LogP contribution in [0.3, 0.4) is 0 Å². The van der Waals surface area contributed by atoms with Gasteiger partial charge in [0.2, 0.25) is 0 Å². The molecule has 1 aromatic rings. The van der Waals surface area contributed by atoms with E-state index in [-0.39, 0.29) is 22.1 Å². The molecular formula is C14H24N4O2. The van der Waals surface area contributed by atoms with Gasteiger partial charge in [-0.3, -0.25) is 10.1 Å². The third-order valence-electron chi connectivity index (χ3n) is 3.56. The first-order chi connectivity index (χ1) is 9.16. The number of hydrogen-bond acceptors (Lipinski definition) is 5. The molecule has 1 N–H and O–H groups in total. The summed E-state index contributed by atoms with van der Waals surface area (Å²) < 4.78 is 0. The fraction of sp³-hybridized carbons (Fsp3) is 0.643. The predicted octanol–water partition coefficient (Wildman–Crippen LogP) is 3.29. The van der Waals surface area contributed by atoms with Crippen LogP contribution in [0.2, 0.25) is 0 Å². The number of pyridine rings is 1. The molecule has 112 valence electrons. The van der Waals surface area contributed by atoms with Crippen LogP contribution in [0.25, 0.3) is 0 Å². The molecule has 0 radical (unpaired) electrons. The molecule has 1 atom stereocenters. The molecule has 0 saturated carbocycles. The number of rotatable bonds is 5. The van der Waals surface area contributed by atoms with Crippen molar-refractivity contribution in [1.29, 1.82) is 0 Å². The van der Waals surface area contributed by atoms with Crippen molar-refractivity contribution in [2.75, 3.05) is 23.8 Å². The molecule has 1 heterocycles. The van der Waals surface area contributed by atoms with Gasteiger partial charge in [0.1, 0.15) is 11.6 Å². The summed E-state index contributed by atoms with van der Waals surface area (Å²) in [5.41, 5.74) is 0.110. The van der Waals surface area contributed by atoms with Gasteiger partial charge in [0.25, 0.3) is 5.69 Å². The molecule has 20 heavy (non-hydrogen) atoms. The molecule has 0 aliphatic rings. The zero-order valence-corrected chi connectivity index (χ0v) is 13.1. The van der Waals surface area contributed by atoms with E-state index in [2.05, 4.69) is 38.0 Å². The van der Waals surface area contributed by atoms with E-state index in [0.29, 0.717) is 18.2 Å². The van der Waals surface area contributed by atoms with Crippen LogP contribution in [-0.2, 0) is 0 Å². The van der Waals surface area contributed by atoms with Crippen molar-refractivity contribution in [2.45, 2.75) is 40.7 Å². The van der Waals surface area contributed by atoms with Crippen LogP contribution < -0.4 is 10.2 Å². The minimum Gasteiger partial charge on any atom is -0.370 e. The summed E-state index contributed by atoms with van der Waals surface area (Å²) in [4.78, 5) is 17.1. The first kappa shape index (κ1) is 16.2. The minimum absolute atomic E-state index is 0.0545. The quantitative estimate of drug-likeness (QED) is 0.662. The zero-order valence-electron chi connectivity index (χ0n) is 13.1. The highest BCUT2D eigenvalue weighted by molar-refractivity contribution is 5.56. The first-order valence-electron chi connectivity index (χ1n) is 6.80. The van der Waals surface area contributed by atoms with Crippen LogP contribution in [0, 0.1) is 15.5 Å². The van der Waals surface area contributed by atoms with Crippen LogP contribution in [0.1, 0.15) is 34.6 Å². The summed E-state index contributed by atoms with van der Waals surface area (Å²) in [7, 11) is 1.91. The van der Waals surface area contributed by atoms with E-state index in [9.17, 15) is 10.1 Å². The smallest absolute Gasteiger partial charge is 0.276 e. The summed E-state index contributed by atoms with van der Waals surface area (Å²) in [6.07, 6.45) is 0. The fourth-order valence-electron chi connectivity index (χ4n) is 1.84. The largest absolute Gasteiger partial charge is 0.370 e. The summed E-state index contributed by atoms with van der Waals surface area (Å²) in [5.74, 6) is 1.14. The standard InChI is InChI=1S/C14H24N4O2/c1-7-15-12-8-11(18(19)20)9-13(16-12)17(6)10(2)14(3,4)5/h8-10H,7H2,1-6H3,(H,15,16). The van der Waals surface area contributed by atoms with Gasteiger partial charge in [-0.15, -0.1) is 0 Å². The Bertz CT molecular complexity index is 483. The average Bonchev–Trinajstić information content (AvgIpc) is 2.35. The molecular weight excluding hydrogens is 256 g/mol. The molecule has 0 aliphatic carbocycles. The Balaban J connectivity index is 3.19. The van der Waals surface area contributed by atoms with E-state index in [4.69, 9.17) is 0 Å². The SMILES string of the molecule is CCNc1cc([N+](=O)[O-])cc(N(C)C(C)C(C)(C)C)n1. The molecule has 1 rings (SSSR count). The van der Waals surface area contributed by atoms with E-state index in [1.165, 1.54) is 12.1 Å². The molecule has 0 bridgehead atoms. The molecule has 0 amide bonds. The van der Waals surface area contributed by atoms with Gasteiger partial charge in [0.15, 0.2) is 0 Å². The molecule has 0 aliphatic heterocycles. The lowest BCUT2D eigenvalue weighted by Crippen LogP contribution is -2.39. The lowest BCUT2D eigenvalue weighted by Gasteiger charge is -2.36. The highest BCUT2D eigenvalue weighted by Gasteiger charge is 2.26. The molecule has 1 unspecified atom stereocenters. The molecule has 6 nitrogen and oxygen atoms in total. The molecule has 6 heteroatoms. The Morgan fingerprint density at radius 2 is 2.05 bits per heavy atom. The van der Waals surface area contributed by atoms with Gasteiger partial charge in [-0.1, -0.05) is 20.8 Å². The van der Waals surface area contributed by atoms with Crippen LogP contribution >= 0.6 is 0 Å². The van der Waals surface area contributed by atoms with Gasteiger partial charge >= 0.3 is 0 Å². The maximum Gasteiger partial charge on any atom is 0.276 e. The van der Waals surface area contributed by atoms with Crippen LogP contribution in [-0.4, -0.2) is 29.5 Å². The fourth-order valence-corrected chi connectivity index (χ4v) is 1.84. The Morgan fingerprint density at radius 1 is 1.45 bits per heavy atom. The van der Waals surface area contributed by atoms with Gasteiger partial charge in [0, 0.05) is 19.6 Å². The number of aromatic nitrogens is 1. The number of nitrogens with one attached hydrogen (secondary N) is 1. The highest BCUT2D eigenvalue weighted by atomic mass is 16.6. The summed E-state index contributed by atoms with van der Waals surface area (Å²) >= 11 is 0. The third-order valence-corrected chi connectivity index (χ3v) is 3.56. The van der Waals surface area contributed by atoms with Crippen molar-refractivity contribution in [2.24, 2.45) is 5.41 Å². The predicted molar refractivity (Wildman–Crippen MR) is 82.4 cm³/mol. The lowest BCUT2D eigenvalue weighted by molar-refractivity contribution is -0.384. The van der Waals surface area contributed by atoms with Crippen LogP contribution in [0.15, 0.2) is 12.1 Å². The first-order valence-corrected chi connectivity index (χ1v) is 6.80. The van der Waals surface area contributed by atoms with E-state index < -0.39 is 0 Å². The monoisotopic (exact) mass is 280 g/mol. The average molecular weight is 280 g/mol. The van der Waals surface area contributed by atoms with E-state index in [1.54, 1.807) is 0 Å². The van der Waals surface area contributed by atoms with E-state index >= 15 is 0 Å². The number of anilines is 2. The van der Waals surface area contributed by atoms with Crippen molar-refractivity contribution >= 4 is 17.3 Å². The Labute approximate surface area is 120 Å². The second kappa shape index (κ2) is 6.07. The Kier molecular flexibility index (Phi) is 4.92. The number of nitrogens with zero attached hydrogens (tertiary/aromatic N) is 3. The van der Waals surface area contributed by atoms with Gasteiger partial charge < -0.3 is 10.2 Å². The maximum atomic E-state index is 11.0. The van der Waals surface area contributed by atoms with Gasteiger partial charge in [-0.05, 0) is 19.3 Å². The second-order valence-corrected chi connectivity index (χ2v) is 6.01. The second-order valence-electron chi connectivity index (χ2n) is 6.01. The number of nitro groups is 1. The highest BCUT2D eigenvalue weighted by Crippen LogP contribution is 2.29. The normalized spacial score (nSPS) is 12.9. The van der Waals surface area contributed by atoms with E-state index in [1.807, 2.05) is 18.9 Å². The topological polar surface area (TPSA) is 71.3 Å². The summed E-state index contributed by atoms with van der Waals surface area (Å²) in [6, 6.07) is 3.18. The molecule has 0 saturated heterocycles. The van der Waals surface area contributed by atoms with Crippen LogP contribution in [0.5, 0.6) is 0 Å². The molecule has 0 spiro atoms. The van der Waals surface area contributed by atoms with Crippen molar-refractivity contribution in [3.63, 3.8) is 0 Å². The lowest BCUT2D eigenvalue weighted by atomic mass is 9.87. The van der Waals surface area contributed by atoms with Gasteiger partial charge in [-0.25, -0.2) is 4.98 Å².